The van der Waals surface area contributed by atoms with Crippen molar-refractivity contribution in [2.45, 2.75) is 0 Å². The average Bonchev–Trinajstić information content (AvgIpc) is 3.28. The highest BCUT2D eigenvalue weighted by Gasteiger charge is 2.22. The normalized spacial score (nSPS) is 10.9. The molecule has 7 heteroatoms. The van der Waals surface area contributed by atoms with Crippen LogP contribution in [-0.4, -0.2) is 37.9 Å². The number of ketones is 1. The topological polar surface area (TPSA) is 82.8 Å². The van der Waals surface area contributed by atoms with Gasteiger partial charge in [-0.25, -0.2) is 9.97 Å². The van der Waals surface area contributed by atoms with E-state index in [0.717, 1.165) is 11.3 Å². The first-order valence-corrected chi connectivity index (χ1v) is 9.67. The van der Waals surface area contributed by atoms with E-state index < -0.39 is 0 Å². The van der Waals surface area contributed by atoms with E-state index in [1.165, 1.54) is 0 Å². The summed E-state index contributed by atoms with van der Waals surface area (Å²) in [7, 11) is 1.58. The molecular formula is C24H17N5O2. The second-order valence-corrected chi connectivity index (χ2v) is 6.83. The van der Waals surface area contributed by atoms with Gasteiger partial charge in [0.1, 0.15) is 11.4 Å². The fraction of sp³-hybridized carbons (Fsp3) is 0.0417. The average molecular weight is 407 g/mol. The van der Waals surface area contributed by atoms with Crippen molar-refractivity contribution in [1.29, 1.82) is 0 Å². The summed E-state index contributed by atoms with van der Waals surface area (Å²) in [5, 5.41) is 8.51. The van der Waals surface area contributed by atoms with Gasteiger partial charge in [-0.1, -0.05) is 53.7 Å². The maximum absolute atomic E-state index is 13.4. The molecule has 0 amide bonds. The lowest BCUT2D eigenvalue weighted by Gasteiger charge is -2.07. The van der Waals surface area contributed by atoms with Gasteiger partial charge in [0.25, 0.3) is 0 Å². The molecule has 5 aromatic rings. The van der Waals surface area contributed by atoms with Crippen LogP contribution in [0.2, 0.25) is 0 Å². The number of carbonyl (C=O) groups excluding carboxylic acids is 1. The van der Waals surface area contributed by atoms with Crippen LogP contribution in [0.1, 0.15) is 16.1 Å². The predicted octanol–water partition coefficient (Wildman–Crippen LogP) is 4.12. The number of hydrogen-bond donors (Lipinski definition) is 0. The van der Waals surface area contributed by atoms with Crippen molar-refractivity contribution in [3.63, 3.8) is 0 Å². The third-order valence-corrected chi connectivity index (χ3v) is 4.90. The van der Waals surface area contributed by atoms with Crippen LogP contribution >= 0.6 is 0 Å². The number of aromatic nitrogens is 5. The molecule has 5 rings (SSSR count). The van der Waals surface area contributed by atoms with Gasteiger partial charge >= 0.3 is 0 Å². The van der Waals surface area contributed by atoms with Crippen molar-refractivity contribution in [2.24, 2.45) is 0 Å². The summed E-state index contributed by atoms with van der Waals surface area (Å²) < 4.78 is 6.81. The fourth-order valence-corrected chi connectivity index (χ4v) is 3.31. The Morgan fingerprint density at radius 2 is 1.52 bits per heavy atom. The van der Waals surface area contributed by atoms with Crippen LogP contribution in [-0.2, 0) is 0 Å². The Balaban J connectivity index is 1.73. The predicted molar refractivity (Wildman–Crippen MR) is 116 cm³/mol. The van der Waals surface area contributed by atoms with Crippen LogP contribution in [0.5, 0.6) is 5.75 Å². The number of para-hydroxylation sites is 1. The van der Waals surface area contributed by atoms with Gasteiger partial charge in [-0.05, 0) is 36.4 Å². The van der Waals surface area contributed by atoms with E-state index in [9.17, 15) is 4.79 Å². The molecule has 3 aromatic carbocycles. The molecule has 7 nitrogen and oxygen atoms in total. The lowest BCUT2D eigenvalue weighted by molar-refractivity contribution is 0.103. The summed E-state index contributed by atoms with van der Waals surface area (Å²) in [6, 6.07) is 26.0. The number of carbonyl (C=O) groups is 1. The van der Waals surface area contributed by atoms with Crippen LogP contribution in [0.15, 0.2) is 84.9 Å². The van der Waals surface area contributed by atoms with Gasteiger partial charge in [0, 0.05) is 11.1 Å². The molecule has 2 heterocycles. The van der Waals surface area contributed by atoms with E-state index in [1.54, 1.807) is 36.1 Å². The molecule has 0 bridgehead atoms. The summed E-state index contributed by atoms with van der Waals surface area (Å²) in [5.74, 6) is 0.848. The van der Waals surface area contributed by atoms with Crippen molar-refractivity contribution in [3.05, 3.63) is 96.2 Å². The largest absolute Gasteiger partial charge is 0.497 e. The molecule has 0 saturated carbocycles. The minimum Gasteiger partial charge on any atom is -0.497 e. The van der Waals surface area contributed by atoms with Gasteiger partial charge in [-0.15, -0.1) is 5.10 Å². The summed E-state index contributed by atoms with van der Waals surface area (Å²) in [6.07, 6.45) is 0. The molecule has 0 unspecified atom stereocenters. The fourth-order valence-electron chi connectivity index (χ4n) is 3.31. The number of methoxy groups -OCH3 is 1. The van der Waals surface area contributed by atoms with Gasteiger partial charge < -0.3 is 4.74 Å². The molecule has 31 heavy (non-hydrogen) atoms. The van der Waals surface area contributed by atoms with Gasteiger partial charge in [0.05, 0.1) is 12.8 Å². The SMILES string of the molecule is COc1ccc(C(=O)c2nc(-c3ccccc3)nc3c2nnn3-c2ccccc2)cc1. The highest BCUT2D eigenvalue weighted by molar-refractivity contribution is 6.13. The van der Waals surface area contributed by atoms with E-state index in [4.69, 9.17) is 9.72 Å². The third kappa shape index (κ3) is 3.42. The Kier molecular flexibility index (Phi) is 4.68. The summed E-state index contributed by atoms with van der Waals surface area (Å²) in [5.41, 5.74) is 3.10. The maximum atomic E-state index is 13.4. The minimum atomic E-state index is -0.257. The molecule has 0 spiro atoms. The minimum absolute atomic E-state index is 0.205. The number of hydrogen-bond acceptors (Lipinski definition) is 6. The molecule has 0 fully saturated rings. The Bertz CT molecular complexity index is 1360. The molecule has 0 aliphatic carbocycles. The Labute approximate surface area is 178 Å². The Hall–Kier alpha value is -4.39. The standard InChI is InChI=1S/C24H17N5O2/c1-31-19-14-12-16(13-15-19)22(30)20-21-24(26-23(25-20)17-8-4-2-5-9-17)29(28-27-21)18-10-6-3-7-11-18/h2-15H,1H3. The summed E-state index contributed by atoms with van der Waals surface area (Å²) in [4.78, 5) is 22.7. The highest BCUT2D eigenvalue weighted by atomic mass is 16.5. The number of fused-ring (bicyclic) bond motifs is 1. The van der Waals surface area contributed by atoms with E-state index in [1.807, 2.05) is 60.7 Å². The lowest BCUT2D eigenvalue weighted by Crippen LogP contribution is -2.08. The number of benzene rings is 3. The van der Waals surface area contributed by atoms with E-state index in [-0.39, 0.29) is 11.5 Å². The molecule has 2 aromatic heterocycles. The second kappa shape index (κ2) is 7.79. The lowest BCUT2D eigenvalue weighted by atomic mass is 10.1. The maximum Gasteiger partial charge on any atom is 0.213 e. The van der Waals surface area contributed by atoms with Gasteiger partial charge in [-0.2, -0.15) is 4.68 Å². The van der Waals surface area contributed by atoms with Crippen molar-refractivity contribution < 1.29 is 9.53 Å². The highest BCUT2D eigenvalue weighted by Crippen LogP contribution is 2.24. The smallest absolute Gasteiger partial charge is 0.213 e. The monoisotopic (exact) mass is 407 g/mol. The zero-order valence-electron chi connectivity index (χ0n) is 16.6. The van der Waals surface area contributed by atoms with Gasteiger partial charge in [0.2, 0.25) is 5.78 Å². The molecule has 0 atom stereocenters. The third-order valence-electron chi connectivity index (χ3n) is 4.90. The molecule has 150 valence electrons. The van der Waals surface area contributed by atoms with Crippen molar-refractivity contribution in [1.82, 2.24) is 25.0 Å². The number of nitrogens with zero attached hydrogens (tertiary/aromatic N) is 5. The Morgan fingerprint density at radius 3 is 2.19 bits per heavy atom. The second-order valence-electron chi connectivity index (χ2n) is 6.83. The zero-order valence-corrected chi connectivity index (χ0v) is 16.6. The van der Waals surface area contributed by atoms with Crippen LogP contribution in [0.25, 0.3) is 28.2 Å². The first-order valence-electron chi connectivity index (χ1n) is 9.67. The van der Waals surface area contributed by atoms with E-state index >= 15 is 0 Å². The van der Waals surface area contributed by atoms with E-state index in [0.29, 0.717) is 28.3 Å². The first kappa shape index (κ1) is 18.6. The van der Waals surface area contributed by atoms with Gasteiger partial charge in [0.15, 0.2) is 17.0 Å². The van der Waals surface area contributed by atoms with Crippen LogP contribution in [0.3, 0.4) is 0 Å². The van der Waals surface area contributed by atoms with Crippen molar-refractivity contribution in [2.75, 3.05) is 7.11 Å². The van der Waals surface area contributed by atoms with E-state index in [2.05, 4.69) is 15.3 Å². The molecule has 0 radical (unpaired) electrons. The molecule has 0 saturated heterocycles. The zero-order chi connectivity index (χ0) is 21.2. The molecule has 0 N–H and O–H groups in total. The number of ether oxygens (including phenoxy) is 1. The molecule has 0 aliphatic heterocycles. The number of rotatable bonds is 5. The van der Waals surface area contributed by atoms with Gasteiger partial charge in [-0.3, -0.25) is 4.79 Å². The molecular weight excluding hydrogens is 390 g/mol. The van der Waals surface area contributed by atoms with Crippen LogP contribution < -0.4 is 4.74 Å². The summed E-state index contributed by atoms with van der Waals surface area (Å²) in [6.45, 7) is 0. The van der Waals surface area contributed by atoms with Crippen LogP contribution in [0.4, 0.5) is 0 Å². The Morgan fingerprint density at radius 1 is 0.839 bits per heavy atom. The quantitative estimate of drug-likeness (QED) is 0.408. The van der Waals surface area contributed by atoms with Crippen molar-refractivity contribution >= 4 is 16.9 Å². The van der Waals surface area contributed by atoms with Crippen LogP contribution in [0, 0.1) is 0 Å². The first-order chi connectivity index (χ1) is 15.2. The van der Waals surface area contributed by atoms with Crippen molar-refractivity contribution in [3.8, 4) is 22.8 Å². The summed E-state index contributed by atoms with van der Waals surface area (Å²) >= 11 is 0. The molecule has 0 aliphatic rings.